The van der Waals surface area contributed by atoms with Gasteiger partial charge < -0.3 is 0 Å². The van der Waals surface area contributed by atoms with Crippen molar-refractivity contribution in [2.45, 2.75) is 219 Å². The first-order valence-corrected chi connectivity index (χ1v) is 24.8. The van der Waals surface area contributed by atoms with Crippen LogP contribution < -0.4 is 0 Å². The van der Waals surface area contributed by atoms with Gasteiger partial charge in [-0.05, 0) is 0 Å². The van der Waals surface area contributed by atoms with Gasteiger partial charge in [0, 0.05) is 0 Å². The first kappa shape index (κ1) is 40.9. The van der Waals surface area contributed by atoms with Gasteiger partial charge in [0.05, 0.1) is 0 Å². The molecular weight excluding hydrogens is 567 g/mol. The number of rotatable bonds is 34. The van der Waals surface area contributed by atoms with E-state index in [1.54, 1.807) is 0 Å². The number of hydrogen-bond donors (Lipinski definition) is 0. The van der Waals surface area contributed by atoms with Crippen LogP contribution in [0.1, 0.15) is 219 Å². The first-order chi connectivity index (χ1) is 19.3. The molecule has 0 spiro atoms. The third kappa shape index (κ3) is 38.9. The summed E-state index contributed by atoms with van der Waals surface area (Å²) in [5.41, 5.74) is 0. The molecule has 0 bridgehead atoms. The fourth-order valence-corrected chi connectivity index (χ4v) is 8.24. The van der Waals surface area contributed by atoms with Crippen molar-refractivity contribution in [3.63, 3.8) is 0 Å². The van der Waals surface area contributed by atoms with Crippen molar-refractivity contribution in [3.8, 4) is 0 Å². The molecule has 244 valence electrons. The van der Waals surface area contributed by atoms with Crippen molar-refractivity contribution < 1.29 is 0 Å². The maximum absolute atomic E-state index is 3.99. The van der Waals surface area contributed by atoms with Gasteiger partial charge in [0.25, 0.3) is 0 Å². The molecule has 0 fully saturated rings. The van der Waals surface area contributed by atoms with Crippen molar-refractivity contribution in [2.24, 2.45) is 0 Å². The summed E-state index contributed by atoms with van der Waals surface area (Å²) < 4.78 is 0. The number of unbranched alkanes of at least 4 members (excludes halogenated alkanes) is 32. The Hall–Kier alpha value is 0.910. The molecule has 0 aromatic carbocycles. The van der Waals surface area contributed by atoms with Gasteiger partial charge in [0.2, 0.25) is 0 Å². The molecule has 2 heteroatoms. The second kappa shape index (κ2) is 30.0. The molecule has 0 aromatic rings. The molecule has 0 aliphatic rings. The molecule has 0 N–H and O–H groups in total. The summed E-state index contributed by atoms with van der Waals surface area (Å²) in [6, 6.07) is 0. The van der Waals surface area contributed by atoms with E-state index in [1.165, 1.54) is 218 Å². The number of hydrogen-bond acceptors (Lipinski definition) is 0. The summed E-state index contributed by atoms with van der Waals surface area (Å²) in [6.45, 7) is 9.63. The zero-order chi connectivity index (χ0) is 29.5. The Bertz CT molecular complexity index is 470. The molecule has 0 amide bonds. The summed E-state index contributed by atoms with van der Waals surface area (Å²) in [7, 11) is 0. The van der Waals surface area contributed by atoms with E-state index in [9.17, 15) is 0 Å². The Labute approximate surface area is 264 Å². The molecular formula is C38H80BrP. The zero-order valence-corrected chi connectivity index (χ0v) is 31.3. The van der Waals surface area contributed by atoms with Crippen molar-refractivity contribution >= 4 is 20.8 Å². The van der Waals surface area contributed by atoms with E-state index < -0.39 is 5.31 Å². The van der Waals surface area contributed by atoms with Gasteiger partial charge in [-0.15, -0.1) is 0 Å². The van der Waals surface area contributed by atoms with E-state index in [0.29, 0.717) is 0 Å². The predicted molar refractivity (Wildman–Crippen MR) is 197 cm³/mol. The second-order valence-corrected chi connectivity index (χ2v) is 29.1. The van der Waals surface area contributed by atoms with Crippen LogP contribution in [0.4, 0.5) is 0 Å². The van der Waals surface area contributed by atoms with Crippen LogP contribution in [-0.2, 0) is 0 Å². The summed E-state index contributed by atoms with van der Waals surface area (Å²) in [5, 5.41) is -1.43. The SMILES string of the molecule is CCCCCCCCCCCCCCCCCCCCCCCCCCCCCCCCCCCP(C)(C)(C)Br. The van der Waals surface area contributed by atoms with Crippen molar-refractivity contribution in [3.05, 3.63) is 0 Å². The standard InChI is InChI=1S/C38H80BrP/c1-5-6-7-8-9-10-11-12-13-14-15-16-17-18-19-20-21-22-23-24-25-26-27-28-29-30-31-32-33-34-35-36-37-38-40(2,3,4)39/h5-38H2,1-4H3. The molecule has 0 radical (unpaired) electrons. The number of halogens is 1. The van der Waals surface area contributed by atoms with Crippen LogP contribution in [0, 0.1) is 0 Å². The summed E-state index contributed by atoms with van der Waals surface area (Å²) in [6.07, 6.45) is 50.2. The minimum absolute atomic E-state index is 1.37. The molecule has 0 atom stereocenters. The van der Waals surface area contributed by atoms with Crippen LogP contribution in [-0.4, -0.2) is 26.2 Å². The van der Waals surface area contributed by atoms with Gasteiger partial charge in [-0.2, -0.15) is 0 Å². The fraction of sp³-hybridized carbons (Fsp3) is 1.00. The Morgan fingerprint density at radius 1 is 0.275 bits per heavy atom. The van der Waals surface area contributed by atoms with Crippen LogP contribution in [0.15, 0.2) is 0 Å². The fourth-order valence-electron chi connectivity index (χ4n) is 6.20. The minimum atomic E-state index is -1.43. The van der Waals surface area contributed by atoms with Crippen LogP contribution >= 0.6 is 20.8 Å². The van der Waals surface area contributed by atoms with Crippen molar-refractivity contribution in [1.29, 1.82) is 0 Å². The zero-order valence-electron chi connectivity index (χ0n) is 28.9. The molecule has 0 saturated carbocycles. The van der Waals surface area contributed by atoms with E-state index in [1.807, 2.05) is 0 Å². The monoisotopic (exact) mass is 647 g/mol. The Morgan fingerprint density at radius 3 is 0.575 bits per heavy atom. The van der Waals surface area contributed by atoms with Gasteiger partial charge >= 0.3 is 118 Å². The van der Waals surface area contributed by atoms with Crippen molar-refractivity contribution in [2.75, 3.05) is 26.2 Å². The normalized spacial score (nSPS) is 13.1. The molecule has 0 aromatic heterocycles. The first-order valence-electron chi connectivity index (χ1n) is 19.0. The quantitative estimate of drug-likeness (QED) is 0.0482. The van der Waals surface area contributed by atoms with Gasteiger partial charge in [0.15, 0.2) is 0 Å². The molecule has 0 nitrogen and oxygen atoms in total. The third-order valence-electron chi connectivity index (χ3n) is 9.02. The van der Waals surface area contributed by atoms with E-state index >= 15 is 0 Å². The third-order valence-corrected chi connectivity index (χ3v) is 11.9. The Balaban J connectivity index is 3.07. The average Bonchev–Trinajstić information content (AvgIpc) is 2.90. The van der Waals surface area contributed by atoms with E-state index in [4.69, 9.17) is 0 Å². The van der Waals surface area contributed by atoms with E-state index in [0.717, 1.165) is 0 Å². The molecule has 0 rings (SSSR count). The molecule has 0 saturated heterocycles. The van der Waals surface area contributed by atoms with Gasteiger partial charge in [-0.1, -0.05) is 148 Å². The predicted octanol–water partition coefficient (Wildman–Crippen LogP) is 15.6. The summed E-state index contributed by atoms with van der Waals surface area (Å²) in [4.78, 5) is 0. The van der Waals surface area contributed by atoms with Gasteiger partial charge in [-0.25, -0.2) is 0 Å². The maximum atomic E-state index is 3.99. The molecule has 0 heterocycles. The van der Waals surface area contributed by atoms with Crippen LogP contribution in [0.3, 0.4) is 0 Å². The van der Waals surface area contributed by atoms with Crippen molar-refractivity contribution in [1.82, 2.24) is 0 Å². The van der Waals surface area contributed by atoms with Crippen LogP contribution in [0.5, 0.6) is 0 Å². The van der Waals surface area contributed by atoms with Gasteiger partial charge in [-0.3, -0.25) is 0 Å². The van der Waals surface area contributed by atoms with E-state index in [-0.39, 0.29) is 0 Å². The molecule has 0 aliphatic carbocycles. The summed E-state index contributed by atoms with van der Waals surface area (Å²) in [5.74, 6) is 0. The average molecular weight is 648 g/mol. The summed E-state index contributed by atoms with van der Waals surface area (Å²) >= 11 is 3.99. The van der Waals surface area contributed by atoms with Gasteiger partial charge in [0.1, 0.15) is 0 Å². The Kier molecular flexibility index (Phi) is 30.6. The second-order valence-electron chi connectivity index (χ2n) is 15.0. The molecule has 40 heavy (non-hydrogen) atoms. The Morgan fingerprint density at radius 2 is 0.425 bits per heavy atom. The molecule has 0 aliphatic heterocycles. The van der Waals surface area contributed by atoms with E-state index in [2.05, 4.69) is 42.4 Å². The van der Waals surface area contributed by atoms with Crippen LogP contribution in [0.25, 0.3) is 0 Å². The molecule has 0 unspecified atom stereocenters. The van der Waals surface area contributed by atoms with Crippen LogP contribution in [0.2, 0.25) is 0 Å². The topological polar surface area (TPSA) is 0 Å².